The minimum absolute atomic E-state index is 0. The number of hydrogen-bond acceptors (Lipinski definition) is 3. The van der Waals surface area contributed by atoms with Crippen LogP contribution in [-0.2, 0) is 14.1 Å². The van der Waals surface area contributed by atoms with E-state index in [-0.39, 0.29) is 23.5 Å². The van der Waals surface area contributed by atoms with Gasteiger partial charge in [-0.1, -0.05) is 29.8 Å². The number of fused-ring (bicyclic) bond motifs is 1. The van der Waals surface area contributed by atoms with Crippen molar-refractivity contribution in [1.29, 1.82) is 0 Å². The minimum Gasteiger partial charge on any atom is -0.350 e. The first kappa shape index (κ1) is 24.5. The van der Waals surface area contributed by atoms with E-state index in [2.05, 4.69) is 9.97 Å². The Labute approximate surface area is 213 Å². The number of aromatic amines is 1. The van der Waals surface area contributed by atoms with Gasteiger partial charge in [0.25, 0.3) is 11.1 Å². The van der Waals surface area contributed by atoms with E-state index in [1.807, 2.05) is 56.3 Å². The molecular weight excluding hydrogens is 483 g/mol. The molecule has 0 radical (unpaired) electrons. The summed E-state index contributed by atoms with van der Waals surface area (Å²) >= 11 is 6.54. The molecule has 5 rings (SSSR count). The molecule has 0 spiro atoms. The fourth-order valence-electron chi connectivity index (χ4n) is 4.44. The molecule has 4 aromatic heterocycles. The standard InChI is InChI=1S/C27H23ClN4O2.ClH/c1-15-9-17(10-16(2)29-15)24-11-20-22(14-32(4)27(34)26(20)30-24)19-12-25(33)31(3)13-21(19)18-7-5-6-8-23(18)28;/h5-14,30H,1-4H3;1H. The number of halogens is 2. The van der Waals surface area contributed by atoms with Gasteiger partial charge < -0.3 is 14.1 Å². The quantitative estimate of drug-likeness (QED) is 0.343. The Hall–Kier alpha value is -3.61. The predicted octanol–water partition coefficient (Wildman–Crippen LogP) is 5.65. The van der Waals surface area contributed by atoms with Crippen LogP contribution in [0.4, 0.5) is 0 Å². The normalized spacial score (nSPS) is 11.0. The average Bonchev–Trinajstić information content (AvgIpc) is 3.24. The molecule has 0 unspecified atom stereocenters. The molecule has 178 valence electrons. The first-order valence-electron chi connectivity index (χ1n) is 10.9. The molecule has 1 aromatic carbocycles. The van der Waals surface area contributed by atoms with Gasteiger partial charge in [0, 0.05) is 82.3 Å². The Morgan fingerprint density at radius 1 is 0.829 bits per heavy atom. The van der Waals surface area contributed by atoms with Crippen molar-refractivity contribution in [3.05, 3.63) is 98.0 Å². The lowest BCUT2D eigenvalue weighted by atomic mass is 9.95. The summed E-state index contributed by atoms with van der Waals surface area (Å²) in [7, 11) is 3.42. The molecule has 1 N–H and O–H groups in total. The van der Waals surface area contributed by atoms with E-state index in [9.17, 15) is 9.59 Å². The van der Waals surface area contributed by atoms with Crippen molar-refractivity contribution in [3.63, 3.8) is 0 Å². The third-order valence-corrected chi connectivity index (χ3v) is 6.37. The molecular formula is C27H24Cl2N4O2. The van der Waals surface area contributed by atoms with E-state index in [0.717, 1.165) is 44.7 Å². The molecule has 0 bridgehead atoms. The maximum atomic E-state index is 13.1. The number of nitrogens with one attached hydrogen (secondary N) is 1. The minimum atomic E-state index is -0.149. The average molecular weight is 507 g/mol. The predicted molar refractivity (Wildman–Crippen MR) is 145 cm³/mol. The van der Waals surface area contributed by atoms with Crippen LogP contribution in [0.25, 0.3) is 44.4 Å². The van der Waals surface area contributed by atoms with Crippen molar-refractivity contribution in [3.8, 4) is 33.5 Å². The smallest absolute Gasteiger partial charge is 0.274 e. The summed E-state index contributed by atoms with van der Waals surface area (Å²) in [6, 6.07) is 15.1. The monoisotopic (exact) mass is 506 g/mol. The van der Waals surface area contributed by atoms with Crippen molar-refractivity contribution in [2.45, 2.75) is 13.8 Å². The van der Waals surface area contributed by atoms with E-state index < -0.39 is 0 Å². The van der Waals surface area contributed by atoms with Crippen LogP contribution in [0.3, 0.4) is 0 Å². The lowest BCUT2D eigenvalue weighted by molar-refractivity contribution is 0.860. The number of rotatable bonds is 3. The summed E-state index contributed by atoms with van der Waals surface area (Å²) in [6.45, 7) is 3.89. The van der Waals surface area contributed by atoms with E-state index in [4.69, 9.17) is 11.6 Å². The van der Waals surface area contributed by atoms with Gasteiger partial charge in [-0.25, -0.2) is 0 Å². The number of aryl methyl sites for hydroxylation is 4. The molecule has 0 fully saturated rings. The van der Waals surface area contributed by atoms with Gasteiger partial charge in [0.1, 0.15) is 5.52 Å². The first-order valence-corrected chi connectivity index (χ1v) is 11.2. The maximum absolute atomic E-state index is 13.1. The van der Waals surface area contributed by atoms with Crippen LogP contribution >= 0.6 is 24.0 Å². The highest BCUT2D eigenvalue weighted by Crippen LogP contribution is 2.38. The van der Waals surface area contributed by atoms with Crippen molar-refractivity contribution < 1.29 is 0 Å². The van der Waals surface area contributed by atoms with Crippen LogP contribution in [-0.4, -0.2) is 19.1 Å². The molecule has 4 heterocycles. The Morgan fingerprint density at radius 3 is 2.17 bits per heavy atom. The number of H-pyrrole nitrogens is 1. The highest BCUT2D eigenvalue weighted by molar-refractivity contribution is 6.33. The fourth-order valence-corrected chi connectivity index (χ4v) is 4.68. The summed E-state index contributed by atoms with van der Waals surface area (Å²) in [4.78, 5) is 33.5. The molecule has 35 heavy (non-hydrogen) atoms. The highest BCUT2D eigenvalue weighted by atomic mass is 35.5. The molecule has 0 saturated carbocycles. The van der Waals surface area contributed by atoms with Crippen molar-refractivity contribution in [2.24, 2.45) is 14.1 Å². The summed E-state index contributed by atoms with van der Waals surface area (Å²) in [6.07, 6.45) is 3.57. The number of pyridine rings is 3. The summed E-state index contributed by atoms with van der Waals surface area (Å²) in [5.74, 6) is 0. The lowest BCUT2D eigenvalue weighted by Gasteiger charge is -2.14. The topological polar surface area (TPSA) is 72.7 Å². The van der Waals surface area contributed by atoms with E-state index >= 15 is 0 Å². The van der Waals surface area contributed by atoms with Crippen LogP contribution in [0.5, 0.6) is 0 Å². The van der Waals surface area contributed by atoms with Gasteiger partial charge in [-0.05, 0) is 43.7 Å². The zero-order valence-corrected chi connectivity index (χ0v) is 21.3. The maximum Gasteiger partial charge on any atom is 0.274 e. The largest absolute Gasteiger partial charge is 0.350 e. The van der Waals surface area contributed by atoms with E-state index in [1.54, 1.807) is 32.6 Å². The second-order valence-corrected chi connectivity index (χ2v) is 9.01. The van der Waals surface area contributed by atoms with E-state index in [1.165, 1.54) is 9.13 Å². The molecule has 0 aliphatic heterocycles. The third kappa shape index (κ3) is 4.31. The van der Waals surface area contributed by atoms with Crippen LogP contribution < -0.4 is 11.1 Å². The van der Waals surface area contributed by atoms with Gasteiger partial charge in [-0.3, -0.25) is 14.6 Å². The molecule has 5 aromatic rings. The van der Waals surface area contributed by atoms with Crippen LogP contribution in [0.15, 0.2) is 70.5 Å². The zero-order chi connectivity index (χ0) is 24.1. The number of hydrogen-bond donors (Lipinski definition) is 1. The number of nitrogens with zero attached hydrogens (tertiary/aromatic N) is 3. The Morgan fingerprint density at radius 2 is 1.49 bits per heavy atom. The molecule has 8 heteroatoms. The second-order valence-electron chi connectivity index (χ2n) is 8.60. The first-order chi connectivity index (χ1) is 16.2. The van der Waals surface area contributed by atoms with Crippen LogP contribution in [0.2, 0.25) is 5.02 Å². The molecule has 0 aliphatic carbocycles. The van der Waals surface area contributed by atoms with Gasteiger partial charge in [0.2, 0.25) is 0 Å². The van der Waals surface area contributed by atoms with Crippen molar-refractivity contribution >= 4 is 34.9 Å². The SMILES string of the molecule is Cc1cc(-c2cc3c(-c4cc(=O)n(C)cc4-c4ccccc4Cl)cn(C)c(=O)c3[nH]2)cc(C)n1.Cl. The zero-order valence-electron chi connectivity index (χ0n) is 19.7. The molecule has 6 nitrogen and oxygen atoms in total. The third-order valence-electron chi connectivity index (χ3n) is 6.04. The highest BCUT2D eigenvalue weighted by Gasteiger charge is 2.19. The Balaban J connectivity index is 0.00000289. The van der Waals surface area contributed by atoms with Gasteiger partial charge >= 0.3 is 0 Å². The summed E-state index contributed by atoms with van der Waals surface area (Å²) in [5.41, 5.74) is 6.86. The molecule has 0 atom stereocenters. The number of aromatic nitrogens is 4. The van der Waals surface area contributed by atoms with Crippen LogP contribution in [0.1, 0.15) is 11.4 Å². The second kappa shape index (κ2) is 9.21. The van der Waals surface area contributed by atoms with Crippen LogP contribution in [0, 0.1) is 13.8 Å². The van der Waals surface area contributed by atoms with Gasteiger partial charge in [-0.2, -0.15) is 0 Å². The molecule has 0 aliphatic rings. The van der Waals surface area contributed by atoms with E-state index in [0.29, 0.717) is 16.1 Å². The summed E-state index contributed by atoms with van der Waals surface area (Å²) in [5, 5.41) is 1.33. The number of benzene rings is 1. The molecule has 0 saturated heterocycles. The Kier molecular flexibility index (Phi) is 6.45. The van der Waals surface area contributed by atoms with Gasteiger partial charge in [0.05, 0.1) is 0 Å². The van der Waals surface area contributed by atoms with Crippen molar-refractivity contribution in [2.75, 3.05) is 0 Å². The Bertz CT molecular complexity index is 1690. The fraction of sp³-hybridized carbons (Fsp3) is 0.148. The van der Waals surface area contributed by atoms with Crippen molar-refractivity contribution in [1.82, 2.24) is 19.1 Å². The van der Waals surface area contributed by atoms with Gasteiger partial charge in [-0.15, -0.1) is 12.4 Å². The lowest BCUT2D eigenvalue weighted by Crippen LogP contribution is -2.18. The summed E-state index contributed by atoms with van der Waals surface area (Å²) < 4.78 is 3.07. The molecule has 0 amide bonds. The van der Waals surface area contributed by atoms with Gasteiger partial charge in [0.15, 0.2) is 0 Å².